The Labute approximate surface area is 164 Å². The van der Waals surface area contributed by atoms with Crippen LogP contribution in [0.15, 0.2) is 77.2 Å². The molecule has 1 fully saturated rings. The number of hydrogen-bond donors (Lipinski definition) is 0. The van der Waals surface area contributed by atoms with E-state index in [1.165, 1.54) is 29.2 Å². The van der Waals surface area contributed by atoms with Crippen LogP contribution >= 0.6 is 0 Å². The van der Waals surface area contributed by atoms with Crippen molar-refractivity contribution >= 4 is 10.8 Å². The van der Waals surface area contributed by atoms with E-state index in [0.717, 1.165) is 5.56 Å². The quantitative estimate of drug-likeness (QED) is 0.443. The van der Waals surface area contributed by atoms with Gasteiger partial charge < -0.3 is 4.42 Å². The molecule has 1 aliphatic carbocycles. The first-order valence-electron chi connectivity index (χ1n) is 9.90. The average Bonchev–Trinajstić information content (AvgIpc) is 3.49. The maximum absolute atomic E-state index is 5.97. The predicted octanol–water partition coefficient (Wildman–Crippen LogP) is 5.62. The summed E-state index contributed by atoms with van der Waals surface area (Å²) < 4.78 is 5.97. The Bertz CT molecular complexity index is 1090. The molecular weight excluding hydrogens is 346 g/mol. The third kappa shape index (κ3) is 3.43. The Morgan fingerprint density at radius 3 is 2.46 bits per heavy atom. The van der Waals surface area contributed by atoms with Crippen LogP contribution in [0.4, 0.5) is 0 Å². The second-order valence-corrected chi connectivity index (χ2v) is 7.55. The first-order chi connectivity index (χ1) is 13.8. The van der Waals surface area contributed by atoms with Gasteiger partial charge in [-0.15, -0.1) is 10.2 Å². The van der Waals surface area contributed by atoms with Gasteiger partial charge in [-0.2, -0.15) is 0 Å². The summed E-state index contributed by atoms with van der Waals surface area (Å²) >= 11 is 0. The lowest BCUT2D eigenvalue weighted by atomic mass is 10.0. The summed E-state index contributed by atoms with van der Waals surface area (Å²) in [6, 6.07) is 26.1. The Morgan fingerprint density at radius 2 is 1.68 bits per heavy atom. The number of aromatic nitrogens is 2. The fourth-order valence-corrected chi connectivity index (χ4v) is 3.82. The van der Waals surface area contributed by atoms with Gasteiger partial charge in [0.05, 0.1) is 6.54 Å². The summed E-state index contributed by atoms with van der Waals surface area (Å²) in [4.78, 5) is 2.49. The van der Waals surface area contributed by atoms with E-state index in [2.05, 4.69) is 64.5 Å². The number of fused-ring (bicyclic) bond motifs is 1. The monoisotopic (exact) mass is 369 g/mol. The molecule has 140 valence electrons. The predicted molar refractivity (Wildman–Crippen MR) is 111 cm³/mol. The first-order valence-corrected chi connectivity index (χ1v) is 9.90. The molecule has 1 unspecified atom stereocenters. The lowest BCUT2D eigenvalue weighted by Gasteiger charge is -2.28. The molecule has 0 N–H and O–H groups in total. The van der Waals surface area contributed by atoms with Gasteiger partial charge in [-0.05, 0) is 54.3 Å². The van der Waals surface area contributed by atoms with Gasteiger partial charge in [0.15, 0.2) is 0 Å². The molecule has 1 atom stereocenters. The topological polar surface area (TPSA) is 42.2 Å². The molecule has 28 heavy (non-hydrogen) atoms. The van der Waals surface area contributed by atoms with Crippen LogP contribution in [-0.2, 0) is 6.54 Å². The number of nitrogens with zero attached hydrogens (tertiary/aromatic N) is 3. The van der Waals surface area contributed by atoms with Gasteiger partial charge in [0.2, 0.25) is 11.8 Å². The van der Waals surface area contributed by atoms with E-state index in [9.17, 15) is 0 Å². The molecule has 4 heteroatoms. The Balaban J connectivity index is 1.39. The van der Waals surface area contributed by atoms with Crippen molar-refractivity contribution in [3.8, 4) is 11.5 Å². The van der Waals surface area contributed by atoms with Gasteiger partial charge in [-0.25, -0.2) is 0 Å². The van der Waals surface area contributed by atoms with Crippen LogP contribution in [0.3, 0.4) is 0 Å². The second kappa shape index (κ2) is 7.21. The van der Waals surface area contributed by atoms with Crippen LogP contribution in [0.1, 0.15) is 37.3 Å². The molecule has 0 saturated heterocycles. The maximum atomic E-state index is 5.97. The van der Waals surface area contributed by atoms with Gasteiger partial charge in [-0.1, -0.05) is 54.6 Å². The highest BCUT2D eigenvalue weighted by atomic mass is 16.4. The highest BCUT2D eigenvalue weighted by Crippen LogP contribution is 2.36. The molecule has 5 rings (SSSR count). The number of benzene rings is 3. The van der Waals surface area contributed by atoms with Crippen molar-refractivity contribution in [2.45, 2.75) is 38.4 Å². The van der Waals surface area contributed by atoms with Gasteiger partial charge in [0, 0.05) is 17.6 Å². The highest BCUT2D eigenvalue weighted by molar-refractivity contribution is 5.83. The van der Waals surface area contributed by atoms with E-state index in [1.807, 2.05) is 30.3 Å². The summed E-state index contributed by atoms with van der Waals surface area (Å²) in [7, 11) is 0. The van der Waals surface area contributed by atoms with E-state index in [4.69, 9.17) is 4.42 Å². The lowest BCUT2D eigenvalue weighted by Crippen LogP contribution is -2.29. The molecule has 1 saturated carbocycles. The van der Waals surface area contributed by atoms with Gasteiger partial charge in [-0.3, -0.25) is 4.90 Å². The molecule has 0 bridgehead atoms. The zero-order valence-electron chi connectivity index (χ0n) is 16.0. The third-order valence-electron chi connectivity index (χ3n) is 5.57. The smallest absolute Gasteiger partial charge is 0.247 e. The Morgan fingerprint density at radius 1 is 0.929 bits per heavy atom. The molecule has 1 aliphatic rings. The largest absolute Gasteiger partial charge is 0.419 e. The zero-order chi connectivity index (χ0) is 18.9. The molecule has 4 nitrogen and oxygen atoms in total. The van der Waals surface area contributed by atoms with Crippen molar-refractivity contribution < 1.29 is 4.42 Å². The third-order valence-corrected chi connectivity index (χ3v) is 5.57. The summed E-state index contributed by atoms with van der Waals surface area (Å²) in [5.41, 5.74) is 2.29. The molecule has 4 aromatic rings. The molecule has 0 aliphatic heterocycles. The summed E-state index contributed by atoms with van der Waals surface area (Å²) in [5.74, 6) is 1.27. The van der Waals surface area contributed by atoms with Crippen LogP contribution in [-0.4, -0.2) is 21.1 Å². The van der Waals surface area contributed by atoms with Gasteiger partial charge in [0.1, 0.15) is 0 Å². The number of hydrogen-bond acceptors (Lipinski definition) is 4. The van der Waals surface area contributed by atoms with Crippen molar-refractivity contribution in [3.05, 3.63) is 84.3 Å². The molecular formula is C24H23N3O. The standard InChI is InChI=1S/C24H23N3O/c1-17(20-12-11-18-7-5-6-10-21(18)15-20)27(22-13-14-22)16-23-25-26-24(28-23)19-8-3-2-4-9-19/h2-12,15,17,22H,13-14,16H2,1H3. The second-order valence-electron chi connectivity index (χ2n) is 7.55. The van der Waals surface area contributed by atoms with Crippen molar-refractivity contribution in [2.75, 3.05) is 0 Å². The van der Waals surface area contributed by atoms with Gasteiger partial charge in [0.25, 0.3) is 0 Å². The molecule has 1 heterocycles. The highest BCUT2D eigenvalue weighted by Gasteiger charge is 2.34. The Kier molecular flexibility index (Phi) is 4.41. The van der Waals surface area contributed by atoms with Crippen LogP contribution in [0.5, 0.6) is 0 Å². The average molecular weight is 369 g/mol. The normalized spacial score (nSPS) is 15.2. The van der Waals surface area contributed by atoms with Crippen molar-refractivity contribution in [3.63, 3.8) is 0 Å². The molecule has 0 radical (unpaired) electrons. The molecule has 1 aromatic heterocycles. The van der Waals surface area contributed by atoms with E-state index in [-0.39, 0.29) is 0 Å². The van der Waals surface area contributed by atoms with E-state index in [0.29, 0.717) is 30.4 Å². The fraction of sp³-hybridized carbons (Fsp3) is 0.250. The molecule has 3 aromatic carbocycles. The van der Waals surface area contributed by atoms with E-state index >= 15 is 0 Å². The molecule has 0 spiro atoms. The van der Waals surface area contributed by atoms with Crippen molar-refractivity contribution in [1.82, 2.24) is 15.1 Å². The summed E-state index contributed by atoms with van der Waals surface area (Å²) in [5, 5.41) is 11.1. The minimum absolute atomic E-state index is 0.296. The molecule has 0 amide bonds. The van der Waals surface area contributed by atoms with Crippen molar-refractivity contribution in [1.29, 1.82) is 0 Å². The Hall–Kier alpha value is -2.98. The van der Waals surface area contributed by atoms with Gasteiger partial charge >= 0.3 is 0 Å². The van der Waals surface area contributed by atoms with Crippen molar-refractivity contribution in [2.24, 2.45) is 0 Å². The fourth-order valence-electron chi connectivity index (χ4n) is 3.82. The minimum atomic E-state index is 0.296. The van der Waals surface area contributed by atoms with Crippen LogP contribution in [0, 0.1) is 0 Å². The summed E-state index contributed by atoms with van der Waals surface area (Å²) in [6.07, 6.45) is 2.47. The maximum Gasteiger partial charge on any atom is 0.247 e. The van der Waals surface area contributed by atoms with Crippen LogP contribution in [0.25, 0.3) is 22.2 Å². The van der Waals surface area contributed by atoms with Crippen LogP contribution < -0.4 is 0 Å². The minimum Gasteiger partial charge on any atom is -0.419 e. The SMILES string of the molecule is CC(c1ccc2ccccc2c1)N(Cc1nnc(-c2ccccc2)o1)C1CC1. The van der Waals surface area contributed by atoms with E-state index < -0.39 is 0 Å². The van der Waals surface area contributed by atoms with E-state index in [1.54, 1.807) is 0 Å². The van der Waals surface area contributed by atoms with Crippen LogP contribution in [0.2, 0.25) is 0 Å². The number of rotatable bonds is 6. The first kappa shape index (κ1) is 17.1. The zero-order valence-corrected chi connectivity index (χ0v) is 16.0. The summed E-state index contributed by atoms with van der Waals surface area (Å²) in [6.45, 7) is 2.95. The lowest BCUT2D eigenvalue weighted by molar-refractivity contribution is 0.173.